The molecule has 37 heavy (non-hydrogen) atoms. The summed E-state index contributed by atoms with van der Waals surface area (Å²) < 4.78 is 42.4. The van der Waals surface area contributed by atoms with Crippen molar-refractivity contribution in [2.75, 3.05) is 18.4 Å². The predicted octanol–water partition coefficient (Wildman–Crippen LogP) is 2.94. The van der Waals surface area contributed by atoms with Crippen LogP contribution in [-0.2, 0) is 13.1 Å². The fraction of sp³-hybridized carbons (Fsp3) is 0.273. The Kier molecular flexibility index (Phi) is 7.87. The number of halogens is 5. The largest absolute Gasteiger partial charge is 0.416 e. The van der Waals surface area contributed by atoms with Gasteiger partial charge in [-0.2, -0.15) is 22.8 Å². The summed E-state index contributed by atoms with van der Waals surface area (Å²) in [7, 11) is 0. The summed E-state index contributed by atoms with van der Waals surface area (Å²) >= 11 is 12.2. The van der Waals surface area contributed by atoms with Crippen molar-refractivity contribution in [1.29, 1.82) is 0 Å². The van der Waals surface area contributed by atoms with Gasteiger partial charge >= 0.3 is 11.9 Å². The molecule has 0 amide bonds. The minimum Gasteiger partial charge on any atom is -0.382 e. The second kappa shape index (κ2) is 10.9. The van der Waals surface area contributed by atoms with E-state index in [1.54, 1.807) is 24.3 Å². The molecular formula is C22H21Cl2F3N8O2. The van der Waals surface area contributed by atoms with Gasteiger partial charge < -0.3 is 16.2 Å². The Labute approximate surface area is 218 Å². The summed E-state index contributed by atoms with van der Waals surface area (Å²) in [4.78, 5) is 17.5. The number of aliphatic hydroxyl groups is 1. The second-order valence-electron chi connectivity index (χ2n) is 7.87. The van der Waals surface area contributed by atoms with Gasteiger partial charge in [0, 0.05) is 23.7 Å². The fourth-order valence-electron chi connectivity index (χ4n) is 3.44. The molecule has 0 spiro atoms. The van der Waals surface area contributed by atoms with Crippen LogP contribution in [0.5, 0.6) is 0 Å². The number of nitrogens with one attached hydrogen (secondary N) is 1. The third-order valence-corrected chi connectivity index (χ3v) is 5.78. The Hall–Kier alpha value is -3.39. The number of hydrogen-bond acceptors (Lipinski definition) is 7. The van der Waals surface area contributed by atoms with Crippen LogP contribution in [0.4, 0.5) is 19.1 Å². The molecule has 4 aromatic rings. The van der Waals surface area contributed by atoms with Crippen LogP contribution in [0.25, 0.3) is 17.1 Å². The number of para-hydroxylation sites is 1. The first-order valence-electron chi connectivity index (χ1n) is 10.9. The lowest BCUT2D eigenvalue weighted by Gasteiger charge is -2.15. The topological polar surface area (TPSA) is 129 Å². The number of rotatable bonds is 9. The molecule has 10 nitrogen and oxygen atoms in total. The molecule has 0 bridgehead atoms. The van der Waals surface area contributed by atoms with E-state index < -0.39 is 24.5 Å². The molecule has 15 heteroatoms. The zero-order valence-electron chi connectivity index (χ0n) is 19.0. The number of aliphatic hydroxyl groups excluding tert-OH is 1. The molecule has 0 radical (unpaired) electrons. The van der Waals surface area contributed by atoms with Gasteiger partial charge in [0.15, 0.2) is 17.8 Å². The lowest BCUT2D eigenvalue weighted by molar-refractivity contribution is -0.207. The first-order valence-corrected chi connectivity index (χ1v) is 11.7. The Bertz CT molecular complexity index is 1430. The molecule has 0 aliphatic carbocycles. The molecule has 0 saturated carbocycles. The summed E-state index contributed by atoms with van der Waals surface area (Å²) in [6.07, 6.45) is -7.71. The van der Waals surface area contributed by atoms with Crippen LogP contribution in [0.1, 0.15) is 5.82 Å². The van der Waals surface area contributed by atoms with Crippen molar-refractivity contribution in [2.24, 2.45) is 5.73 Å². The minimum atomic E-state index is -4.93. The van der Waals surface area contributed by atoms with E-state index in [1.807, 2.05) is 0 Å². The highest BCUT2D eigenvalue weighted by atomic mass is 35.5. The van der Waals surface area contributed by atoms with Crippen molar-refractivity contribution < 1.29 is 18.3 Å². The highest BCUT2D eigenvalue weighted by molar-refractivity contribution is 6.32. The maximum atomic E-state index is 13.1. The lowest BCUT2D eigenvalue weighted by atomic mass is 10.2. The first-order chi connectivity index (χ1) is 17.6. The molecule has 2 aromatic heterocycles. The highest BCUT2D eigenvalue weighted by Gasteiger charge is 2.39. The number of aromatic nitrogens is 6. The van der Waals surface area contributed by atoms with Gasteiger partial charge in [0.1, 0.15) is 6.54 Å². The van der Waals surface area contributed by atoms with E-state index in [9.17, 15) is 23.1 Å². The monoisotopic (exact) mass is 556 g/mol. The Morgan fingerprint density at radius 1 is 1.08 bits per heavy atom. The van der Waals surface area contributed by atoms with Crippen LogP contribution in [0.2, 0.25) is 10.0 Å². The van der Waals surface area contributed by atoms with Crippen molar-refractivity contribution in [3.8, 4) is 17.1 Å². The first kappa shape index (κ1) is 26.7. The molecule has 2 heterocycles. The van der Waals surface area contributed by atoms with Crippen molar-refractivity contribution >= 4 is 29.2 Å². The van der Waals surface area contributed by atoms with Gasteiger partial charge in [0.05, 0.1) is 17.3 Å². The lowest BCUT2D eigenvalue weighted by Crippen LogP contribution is -2.37. The highest BCUT2D eigenvalue weighted by Crippen LogP contribution is 2.25. The summed E-state index contributed by atoms with van der Waals surface area (Å²) in [5.41, 5.74) is 5.53. The van der Waals surface area contributed by atoms with Crippen LogP contribution in [0.3, 0.4) is 0 Å². The molecule has 0 unspecified atom stereocenters. The van der Waals surface area contributed by atoms with E-state index in [0.717, 1.165) is 9.25 Å². The van der Waals surface area contributed by atoms with Crippen molar-refractivity contribution in [2.45, 2.75) is 25.4 Å². The van der Waals surface area contributed by atoms with Gasteiger partial charge in [-0.1, -0.05) is 35.3 Å². The van der Waals surface area contributed by atoms with Crippen LogP contribution < -0.4 is 16.7 Å². The van der Waals surface area contributed by atoms with Crippen LogP contribution in [0, 0.1) is 0 Å². The average Bonchev–Trinajstić information content (AvgIpc) is 3.39. The normalized spacial score (nSPS) is 12.6. The smallest absolute Gasteiger partial charge is 0.382 e. The van der Waals surface area contributed by atoms with Gasteiger partial charge in [0.25, 0.3) is 0 Å². The number of nitrogens with zero attached hydrogens (tertiary/aromatic N) is 6. The molecular weight excluding hydrogens is 536 g/mol. The van der Waals surface area contributed by atoms with Gasteiger partial charge in [-0.05, 0) is 36.4 Å². The summed E-state index contributed by atoms with van der Waals surface area (Å²) in [6, 6.07) is 12.9. The maximum absolute atomic E-state index is 13.1. The zero-order chi connectivity index (χ0) is 26.7. The molecule has 0 aliphatic rings. The summed E-state index contributed by atoms with van der Waals surface area (Å²) in [6.45, 7) is -0.651. The Morgan fingerprint density at radius 2 is 1.78 bits per heavy atom. The van der Waals surface area contributed by atoms with Crippen LogP contribution in [-0.4, -0.2) is 59.6 Å². The van der Waals surface area contributed by atoms with Crippen molar-refractivity contribution in [3.63, 3.8) is 0 Å². The standard InChI is InChI=1S/C22H21Cl2F3N8O2/c23-14-7-5-13(6-8-14)19-32-34(21(37)33(19)11-17(36)22(25,26)27)12-18-30-20(29-10-9-28)35(31-18)16-4-2-1-3-15(16)24/h1-8,17,36H,9-12,28H2,(H,29,30,31)/t17-/m0/s1. The van der Waals surface area contributed by atoms with E-state index in [-0.39, 0.29) is 18.2 Å². The van der Waals surface area contributed by atoms with Crippen molar-refractivity contribution in [1.82, 2.24) is 29.1 Å². The van der Waals surface area contributed by atoms with Crippen molar-refractivity contribution in [3.05, 3.63) is 74.9 Å². The molecule has 4 N–H and O–H groups in total. The fourth-order valence-corrected chi connectivity index (χ4v) is 3.78. The number of hydrogen-bond donors (Lipinski definition) is 3. The zero-order valence-corrected chi connectivity index (χ0v) is 20.5. The van der Waals surface area contributed by atoms with Crippen LogP contribution in [0.15, 0.2) is 53.3 Å². The SMILES string of the molecule is NCCNc1nc(Cn2nc(-c3ccc(Cl)cc3)n(C[C@H](O)C(F)(F)F)c2=O)nn1-c1ccccc1Cl. The molecule has 4 rings (SSSR count). The molecule has 0 aliphatic heterocycles. The Morgan fingerprint density at radius 3 is 2.43 bits per heavy atom. The molecule has 2 aromatic carbocycles. The van der Waals surface area contributed by atoms with E-state index in [2.05, 4.69) is 20.5 Å². The predicted molar refractivity (Wildman–Crippen MR) is 132 cm³/mol. The van der Waals surface area contributed by atoms with Gasteiger partial charge in [-0.25, -0.2) is 9.48 Å². The van der Waals surface area contributed by atoms with E-state index in [0.29, 0.717) is 40.3 Å². The quantitative estimate of drug-likeness (QED) is 0.289. The molecule has 0 fully saturated rings. The number of benzene rings is 2. The average molecular weight is 557 g/mol. The third-order valence-electron chi connectivity index (χ3n) is 5.21. The molecule has 196 valence electrons. The number of nitrogens with two attached hydrogens (primary N) is 1. The summed E-state index contributed by atoms with van der Waals surface area (Å²) in [5, 5.41) is 22.1. The number of anilines is 1. The van der Waals surface area contributed by atoms with Crippen LogP contribution >= 0.6 is 23.2 Å². The van der Waals surface area contributed by atoms with E-state index in [1.165, 1.54) is 28.9 Å². The summed E-state index contributed by atoms with van der Waals surface area (Å²) in [5.74, 6) is 0.341. The van der Waals surface area contributed by atoms with Gasteiger partial charge in [-0.3, -0.25) is 4.57 Å². The van der Waals surface area contributed by atoms with Gasteiger partial charge in [0.2, 0.25) is 5.95 Å². The maximum Gasteiger partial charge on any atom is 0.416 e. The number of alkyl halides is 3. The third kappa shape index (κ3) is 5.96. The minimum absolute atomic E-state index is 0.0861. The molecule has 1 atom stereocenters. The van der Waals surface area contributed by atoms with E-state index in [4.69, 9.17) is 28.9 Å². The van der Waals surface area contributed by atoms with E-state index >= 15 is 0 Å². The Balaban J connectivity index is 1.76. The van der Waals surface area contributed by atoms with Gasteiger partial charge in [-0.15, -0.1) is 10.2 Å². The molecule has 0 saturated heterocycles. The second-order valence-corrected chi connectivity index (χ2v) is 8.71.